The van der Waals surface area contributed by atoms with Crippen LogP contribution < -0.4 is 20.4 Å². The molecule has 29 heavy (non-hydrogen) atoms. The predicted molar refractivity (Wildman–Crippen MR) is 101 cm³/mol. The second-order valence-corrected chi connectivity index (χ2v) is 5.73. The molecule has 0 aliphatic carbocycles. The minimum Gasteiger partial charge on any atom is -0.493 e. The average Bonchev–Trinajstić information content (AvgIpc) is 2.70. The van der Waals surface area contributed by atoms with E-state index in [4.69, 9.17) is 13.9 Å². The number of fused-ring (bicyclic) bond motifs is 1. The summed E-state index contributed by atoms with van der Waals surface area (Å²) in [6.45, 7) is -0.222. The molecule has 0 radical (unpaired) electrons. The third-order valence-electron chi connectivity index (χ3n) is 3.84. The summed E-state index contributed by atoms with van der Waals surface area (Å²) in [4.78, 5) is 24.3. The monoisotopic (exact) mass is 399 g/mol. The fourth-order valence-corrected chi connectivity index (χ4v) is 2.48. The number of benzene rings is 2. The smallest absolute Gasteiger partial charge is 0.349 e. The number of nitrogens with one attached hydrogen (secondary N) is 1. The number of hydrogen-bond acceptors (Lipinski definition) is 5. The van der Waals surface area contributed by atoms with Gasteiger partial charge in [0, 0.05) is 11.5 Å². The van der Waals surface area contributed by atoms with Gasteiger partial charge < -0.3 is 19.2 Å². The van der Waals surface area contributed by atoms with E-state index in [1.165, 1.54) is 13.2 Å². The first kappa shape index (κ1) is 19.9. The van der Waals surface area contributed by atoms with E-state index < -0.39 is 23.2 Å². The zero-order valence-corrected chi connectivity index (χ0v) is 15.3. The van der Waals surface area contributed by atoms with Crippen molar-refractivity contribution >= 4 is 16.9 Å². The van der Waals surface area contributed by atoms with E-state index in [1.807, 2.05) is 0 Å². The van der Waals surface area contributed by atoms with E-state index in [0.29, 0.717) is 17.2 Å². The molecule has 0 aliphatic heterocycles. The van der Waals surface area contributed by atoms with Gasteiger partial charge in [0.2, 0.25) is 0 Å². The highest BCUT2D eigenvalue weighted by atomic mass is 19.1. The second-order valence-electron chi connectivity index (χ2n) is 5.73. The number of halogens is 2. The maximum atomic E-state index is 13.4. The van der Waals surface area contributed by atoms with Gasteiger partial charge in [0.25, 0.3) is 5.91 Å². The summed E-state index contributed by atoms with van der Waals surface area (Å²) in [6, 6.07) is 9.36. The van der Waals surface area contributed by atoms with Gasteiger partial charge >= 0.3 is 5.63 Å². The van der Waals surface area contributed by atoms with Gasteiger partial charge in [0.1, 0.15) is 18.0 Å². The number of hydrogen-bond donors (Lipinski definition) is 1. The number of rotatable bonds is 5. The molecular formula is C21H15F2NO5. The minimum atomic E-state index is -0.834. The molecule has 0 spiro atoms. The first-order valence-corrected chi connectivity index (χ1v) is 8.42. The van der Waals surface area contributed by atoms with Gasteiger partial charge in [-0.2, -0.15) is 0 Å². The molecule has 0 aliphatic rings. The fourth-order valence-electron chi connectivity index (χ4n) is 2.48. The molecule has 0 saturated carbocycles. The number of ether oxygens (including phenoxy) is 2. The Kier molecular flexibility index (Phi) is 6.09. The van der Waals surface area contributed by atoms with Gasteiger partial charge in [0.15, 0.2) is 22.9 Å². The van der Waals surface area contributed by atoms with Crippen molar-refractivity contribution in [2.24, 2.45) is 0 Å². The Bertz CT molecular complexity index is 1180. The third-order valence-corrected chi connectivity index (χ3v) is 3.84. The fraction of sp³-hybridized carbons (Fsp3) is 0.143. The van der Waals surface area contributed by atoms with Gasteiger partial charge in [-0.3, -0.25) is 4.79 Å². The molecule has 3 rings (SSSR count). The van der Waals surface area contributed by atoms with Crippen LogP contribution in [0.3, 0.4) is 0 Å². The highest BCUT2D eigenvalue weighted by Gasteiger charge is 2.14. The van der Waals surface area contributed by atoms with Crippen LogP contribution in [0.5, 0.6) is 11.5 Å². The number of para-hydroxylation sites is 1. The van der Waals surface area contributed by atoms with E-state index >= 15 is 0 Å². The van der Waals surface area contributed by atoms with E-state index in [9.17, 15) is 18.4 Å². The number of carbonyl (C=O) groups is 1. The van der Waals surface area contributed by atoms with Gasteiger partial charge in [0.05, 0.1) is 13.7 Å². The van der Waals surface area contributed by atoms with Gasteiger partial charge in [-0.1, -0.05) is 24.0 Å². The molecule has 0 unspecified atom stereocenters. The minimum absolute atomic E-state index is 0.0658. The maximum Gasteiger partial charge on any atom is 0.349 e. The van der Waals surface area contributed by atoms with Crippen LogP contribution in [0.2, 0.25) is 0 Å². The van der Waals surface area contributed by atoms with Crippen LogP contribution in [-0.4, -0.2) is 26.2 Å². The first-order valence-electron chi connectivity index (χ1n) is 8.42. The topological polar surface area (TPSA) is 77.8 Å². The summed E-state index contributed by atoms with van der Waals surface area (Å²) in [7, 11) is 1.45. The van der Waals surface area contributed by atoms with Crippen molar-refractivity contribution in [2.75, 3.05) is 20.3 Å². The molecule has 3 aromatic rings. The Hall–Kier alpha value is -3.86. The molecule has 0 fully saturated rings. The van der Waals surface area contributed by atoms with Crippen LogP contribution in [0.1, 0.15) is 10.4 Å². The molecule has 1 N–H and O–H groups in total. The Morgan fingerprint density at radius 1 is 1.14 bits per heavy atom. The van der Waals surface area contributed by atoms with Crippen molar-refractivity contribution in [1.29, 1.82) is 0 Å². The molecule has 148 valence electrons. The molecule has 8 heteroatoms. The van der Waals surface area contributed by atoms with Crippen LogP contribution in [0.25, 0.3) is 11.0 Å². The van der Waals surface area contributed by atoms with E-state index in [0.717, 1.165) is 12.1 Å². The van der Waals surface area contributed by atoms with E-state index in [2.05, 4.69) is 17.2 Å². The summed E-state index contributed by atoms with van der Waals surface area (Å²) in [5.74, 6) is 3.24. The summed E-state index contributed by atoms with van der Waals surface area (Å²) < 4.78 is 41.6. The summed E-state index contributed by atoms with van der Waals surface area (Å²) in [5.41, 5.74) is -0.721. The van der Waals surface area contributed by atoms with Crippen molar-refractivity contribution in [3.63, 3.8) is 0 Å². The summed E-state index contributed by atoms with van der Waals surface area (Å²) in [5, 5.41) is 3.00. The third kappa shape index (κ3) is 4.71. The van der Waals surface area contributed by atoms with Crippen LogP contribution in [-0.2, 0) is 0 Å². The second kappa shape index (κ2) is 8.89. The Balaban J connectivity index is 1.59. The lowest BCUT2D eigenvalue weighted by Crippen LogP contribution is -2.28. The zero-order valence-electron chi connectivity index (χ0n) is 15.3. The van der Waals surface area contributed by atoms with Gasteiger partial charge in [-0.25, -0.2) is 13.6 Å². The molecule has 1 heterocycles. The quantitative estimate of drug-likeness (QED) is 0.527. The lowest BCUT2D eigenvalue weighted by Gasteiger charge is -2.05. The van der Waals surface area contributed by atoms with Gasteiger partial charge in [-0.15, -0.1) is 0 Å². The Labute approximate surface area is 164 Å². The van der Waals surface area contributed by atoms with Crippen molar-refractivity contribution in [3.05, 3.63) is 70.1 Å². The van der Waals surface area contributed by atoms with Crippen molar-refractivity contribution in [1.82, 2.24) is 5.32 Å². The van der Waals surface area contributed by atoms with Crippen molar-refractivity contribution in [2.45, 2.75) is 0 Å². The van der Waals surface area contributed by atoms with Crippen LogP contribution in [0, 0.1) is 23.5 Å². The average molecular weight is 399 g/mol. The molecule has 2 aromatic carbocycles. The van der Waals surface area contributed by atoms with Crippen LogP contribution >= 0.6 is 0 Å². The SMILES string of the molecule is COc1cccc2cc(C(=O)NCC#CCOc3ccc(F)cc3F)c(=O)oc12. The largest absolute Gasteiger partial charge is 0.493 e. The molecule has 1 aromatic heterocycles. The van der Waals surface area contributed by atoms with Crippen LogP contribution in [0.4, 0.5) is 8.78 Å². The van der Waals surface area contributed by atoms with Crippen molar-refractivity contribution in [3.8, 4) is 23.3 Å². The Morgan fingerprint density at radius 3 is 2.72 bits per heavy atom. The lowest BCUT2D eigenvalue weighted by molar-refractivity contribution is 0.0955. The molecule has 0 atom stereocenters. The van der Waals surface area contributed by atoms with E-state index in [1.54, 1.807) is 18.2 Å². The van der Waals surface area contributed by atoms with Crippen molar-refractivity contribution < 1.29 is 27.5 Å². The van der Waals surface area contributed by atoms with Gasteiger partial charge in [-0.05, 0) is 24.3 Å². The molecule has 6 nitrogen and oxygen atoms in total. The predicted octanol–water partition coefficient (Wildman–Crippen LogP) is 2.89. The summed E-state index contributed by atoms with van der Waals surface area (Å²) >= 11 is 0. The number of methoxy groups -OCH3 is 1. The highest BCUT2D eigenvalue weighted by Crippen LogP contribution is 2.24. The summed E-state index contributed by atoms with van der Waals surface area (Å²) in [6.07, 6.45) is 0. The molecular weight excluding hydrogens is 384 g/mol. The molecule has 0 bridgehead atoms. The Morgan fingerprint density at radius 2 is 1.97 bits per heavy atom. The van der Waals surface area contributed by atoms with Crippen LogP contribution in [0.15, 0.2) is 51.7 Å². The highest BCUT2D eigenvalue weighted by molar-refractivity contribution is 5.97. The normalized spacial score (nSPS) is 10.2. The van der Waals surface area contributed by atoms with E-state index in [-0.39, 0.29) is 30.0 Å². The molecule has 0 saturated heterocycles. The number of carbonyl (C=O) groups excluding carboxylic acids is 1. The lowest BCUT2D eigenvalue weighted by atomic mass is 10.1. The first-order chi connectivity index (χ1) is 14.0. The standard InChI is InChI=1S/C21H15F2NO5/c1-27-18-6-4-5-13-11-15(21(26)29-19(13)18)20(25)24-9-2-3-10-28-17-8-7-14(22)12-16(17)23/h4-8,11-12H,9-10H2,1H3,(H,24,25). The maximum absolute atomic E-state index is 13.4. The number of amides is 1. The zero-order chi connectivity index (χ0) is 20.8. The molecule has 1 amide bonds.